The first-order valence-electron chi connectivity index (χ1n) is 9.14. The number of piperidine rings is 1. The molecule has 2 heterocycles. The molecule has 1 atom stereocenters. The molecule has 1 spiro atoms. The summed E-state index contributed by atoms with van der Waals surface area (Å²) in [6.45, 7) is 10.3. The van der Waals surface area contributed by atoms with Crippen LogP contribution in [0.5, 0.6) is 0 Å². The molecule has 130 valence electrons. The Morgan fingerprint density at radius 2 is 1.61 bits per heavy atom. The van der Waals surface area contributed by atoms with Crippen molar-refractivity contribution in [2.75, 3.05) is 52.4 Å². The van der Waals surface area contributed by atoms with E-state index in [1.54, 1.807) is 0 Å². The van der Waals surface area contributed by atoms with Crippen LogP contribution in [0.1, 0.15) is 33.1 Å². The highest BCUT2D eigenvalue weighted by atomic mass is 16.2. The lowest BCUT2D eigenvalue weighted by Gasteiger charge is -2.37. The van der Waals surface area contributed by atoms with Crippen LogP contribution in [0.2, 0.25) is 0 Å². The van der Waals surface area contributed by atoms with Crippen molar-refractivity contribution in [2.24, 2.45) is 11.3 Å². The lowest BCUT2D eigenvalue weighted by Crippen LogP contribution is -2.54. The predicted molar refractivity (Wildman–Crippen MR) is 89.1 cm³/mol. The number of hydrogen-bond acceptors (Lipinski definition) is 3. The summed E-state index contributed by atoms with van der Waals surface area (Å²) < 4.78 is 0. The van der Waals surface area contributed by atoms with Gasteiger partial charge in [-0.2, -0.15) is 0 Å². The van der Waals surface area contributed by atoms with Gasteiger partial charge in [-0.1, -0.05) is 0 Å². The van der Waals surface area contributed by atoms with Gasteiger partial charge >= 0.3 is 6.03 Å². The monoisotopic (exact) mass is 322 g/mol. The van der Waals surface area contributed by atoms with E-state index in [0.29, 0.717) is 37.5 Å². The molecule has 2 saturated heterocycles. The molecule has 1 N–H and O–H groups in total. The third kappa shape index (κ3) is 3.18. The van der Waals surface area contributed by atoms with Crippen molar-refractivity contribution in [3.63, 3.8) is 0 Å². The van der Waals surface area contributed by atoms with E-state index in [0.717, 1.165) is 45.4 Å². The van der Waals surface area contributed by atoms with Gasteiger partial charge in [0.05, 0.1) is 0 Å². The fraction of sp³-hybridized carbons (Fsp3) is 0.882. The normalized spacial score (nSPS) is 26.3. The van der Waals surface area contributed by atoms with Gasteiger partial charge in [-0.15, -0.1) is 0 Å². The van der Waals surface area contributed by atoms with Crippen LogP contribution in [-0.4, -0.2) is 79.0 Å². The highest BCUT2D eigenvalue weighted by Crippen LogP contribution is 2.59. The minimum absolute atomic E-state index is 0.114. The maximum absolute atomic E-state index is 12.7. The average molecular weight is 322 g/mol. The average Bonchev–Trinajstić information content (AvgIpc) is 3.29. The van der Waals surface area contributed by atoms with Gasteiger partial charge in [0.2, 0.25) is 5.91 Å². The zero-order valence-corrected chi connectivity index (χ0v) is 14.5. The van der Waals surface area contributed by atoms with E-state index in [1.807, 2.05) is 28.5 Å². The Kier molecular flexibility index (Phi) is 4.80. The summed E-state index contributed by atoms with van der Waals surface area (Å²) in [6.07, 6.45) is 3.36. The summed E-state index contributed by atoms with van der Waals surface area (Å²) in [6, 6.07) is 0.114. The van der Waals surface area contributed by atoms with Crippen LogP contribution in [0, 0.1) is 11.3 Å². The Hall–Kier alpha value is -1.30. The number of piperazine rings is 1. The third-order valence-corrected chi connectivity index (χ3v) is 5.98. The summed E-state index contributed by atoms with van der Waals surface area (Å²) >= 11 is 0. The van der Waals surface area contributed by atoms with E-state index in [2.05, 4.69) is 5.32 Å². The Balaban J connectivity index is 1.49. The van der Waals surface area contributed by atoms with Gasteiger partial charge in [0.1, 0.15) is 0 Å². The van der Waals surface area contributed by atoms with E-state index in [-0.39, 0.29) is 11.9 Å². The number of amides is 3. The molecule has 6 heteroatoms. The molecule has 3 fully saturated rings. The Morgan fingerprint density at radius 1 is 1.04 bits per heavy atom. The van der Waals surface area contributed by atoms with Gasteiger partial charge in [-0.3, -0.25) is 4.79 Å². The van der Waals surface area contributed by atoms with Crippen LogP contribution in [0.25, 0.3) is 0 Å². The van der Waals surface area contributed by atoms with Gasteiger partial charge in [-0.05, 0) is 51.6 Å². The third-order valence-electron chi connectivity index (χ3n) is 5.98. The molecule has 3 aliphatic rings. The molecule has 1 saturated carbocycles. The molecule has 3 rings (SSSR count). The predicted octanol–water partition coefficient (Wildman–Crippen LogP) is 0.982. The molecule has 0 aromatic rings. The number of nitrogens with zero attached hydrogens (tertiary/aromatic N) is 3. The van der Waals surface area contributed by atoms with Gasteiger partial charge < -0.3 is 20.0 Å². The van der Waals surface area contributed by atoms with Crippen molar-refractivity contribution in [3.8, 4) is 0 Å². The van der Waals surface area contributed by atoms with Crippen molar-refractivity contribution in [3.05, 3.63) is 0 Å². The molecule has 6 nitrogen and oxygen atoms in total. The van der Waals surface area contributed by atoms with Crippen molar-refractivity contribution in [1.82, 2.24) is 20.0 Å². The van der Waals surface area contributed by atoms with E-state index < -0.39 is 0 Å². The van der Waals surface area contributed by atoms with E-state index >= 15 is 0 Å². The standard InChI is InChI=1S/C17H30N4O2/c1-3-19(4-2)16(23)21-11-9-20(10-12-21)15(22)14-13-17(14)5-7-18-8-6-17/h14,18H,3-13H2,1-2H3. The molecule has 2 aliphatic heterocycles. The van der Waals surface area contributed by atoms with Crippen molar-refractivity contribution in [2.45, 2.75) is 33.1 Å². The van der Waals surface area contributed by atoms with Gasteiger partial charge in [0.25, 0.3) is 0 Å². The lowest BCUT2D eigenvalue weighted by molar-refractivity contribution is -0.135. The van der Waals surface area contributed by atoms with E-state index in [1.165, 1.54) is 0 Å². The fourth-order valence-electron chi connectivity index (χ4n) is 4.21. The number of hydrogen-bond donors (Lipinski definition) is 1. The Morgan fingerprint density at radius 3 is 2.17 bits per heavy atom. The highest BCUT2D eigenvalue weighted by molar-refractivity contribution is 5.83. The zero-order chi connectivity index (χ0) is 16.4. The smallest absolute Gasteiger partial charge is 0.320 e. The second-order valence-electron chi connectivity index (χ2n) is 7.14. The molecular weight excluding hydrogens is 292 g/mol. The molecule has 23 heavy (non-hydrogen) atoms. The minimum atomic E-state index is 0.114. The first-order chi connectivity index (χ1) is 11.1. The van der Waals surface area contributed by atoms with Crippen LogP contribution in [0.15, 0.2) is 0 Å². The molecule has 0 aromatic heterocycles. The molecule has 0 bridgehead atoms. The summed E-state index contributed by atoms with van der Waals surface area (Å²) in [5.41, 5.74) is 0.302. The zero-order valence-electron chi connectivity index (χ0n) is 14.5. The SMILES string of the molecule is CCN(CC)C(=O)N1CCN(C(=O)C2CC23CCNCC3)CC1. The number of nitrogens with one attached hydrogen (secondary N) is 1. The topological polar surface area (TPSA) is 55.9 Å². The molecule has 0 radical (unpaired) electrons. The molecule has 3 amide bonds. The van der Waals surface area contributed by atoms with E-state index in [4.69, 9.17) is 0 Å². The first-order valence-corrected chi connectivity index (χ1v) is 9.14. The largest absolute Gasteiger partial charge is 0.339 e. The van der Waals surface area contributed by atoms with Crippen LogP contribution in [0.4, 0.5) is 4.79 Å². The summed E-state index contributed by atoms with van der Waals surface area (Å²) in [5.74, 6) is 0.580. The Labute approximate surface area is 139 Å². The van der Waals surface area contributed by atoms with Crippen LogP contribution < -0.4 is 5.32 Å². The number of rotatable bonds is 3. The maximum Gasteiger partial charge on any atom is 0.320 e. The maximum atomic E-state index is 12.7. The van der Waals surface area contributed by atoms with Crippen LogP contribution in [0.3, 0.4) is 0 Å². The van der Waals surface area contributed by atoms with E-state index in [9.17, 15) is 9.59 Å². The summed E-state index contributed by atoms with van der Waals surface area (Å²) in [4.78, 5) is 30.9. The fourth-order valence-corrected chi connectivity index (χ4v) is 4.21. The lowest BCUT2D eigenvalue weighted by atomic mass is 9.91. The second kappa shape index (κ2) is 6.67. The first kappa shape index (κ1) is 16.6. The van der Waals surface area contributed by atoms with Crippen molar-refractivity contribution >= 4 is 11.9 Å². The minimum Gasteiger partial charge on any atom is -0.339 e. The van der Waals surface area contributed by atoms with Crippen molar-refractivity contribution < 1.29 is 9.59 Å². The molecular formula is C17H30N4O2. The van der Waals surface area contributed by atoms with Crippen LogP contribution >= 0.6 is 0 Å². The number of carbonyl (C=O) groups excluding carboxylic acids is 2. The number of urea groups is 1. The molecule has 1 unspecified atom stereocenters. The Bertz CT molecular complexity index is 450. The second-order valence-corrected chi connectivity index (χ2v) is 7.14. The van der Waals surface area contributed by atoms with Gasteiger partial charge in [0, 0.05) is 45.2 Å². The summed E-state index contributed by atoms with van der Waals surface area (Å²) in [5, 5.41) is 3.39. The van der Waals surface area contributed by atoms with Crippen LogP contribution in [-0.2, 0) is 4.79 Å². The van der Waals surface area contributed by atoms with Crippen molar-refractivity contribution in [1.29, 1.82) is 0 Å². The van der Waals surface area contributed by atoms with Gasteiger partial charge in [-0.25, -0.2) is 4.79 Å². The van der Waals surface area contributed by atoms with Gasteiger partial charge in [0.15, 0.2) is 0 Å². The highest BCUT2D eigenvalue weighted by Gasteiger charge is 2.58. The summed E-state index contributed by atoms with van der Waals surface area (Å²) in [7, 11) is 0. The quantitative estimate of drug-likeness (QED) is 0.843. The molecule has 1 aliphatic carbocycles. The number of carbonyl (C=O) groups is 2. The molecule has 0 aromatic carbocycles.